The van der Waals surface area contributed by atoms with Gasteiger partial charge in [0, 0.05) is 49.1 Å². The first-order chi connectivity index (χ1) is 14.1. The highest BCUT2D eigenvalue weighted by molar-refractivity contribution is 7.09. The van der Waals surface area contributed by atoms with Gasteiger partial charge in [-0.1, -0.05) is 35.5 Å². The zero-order valence-corrected chi connectivity index (χ0v) is 17.7. The zero-order chi connectivity index (χ0) is 20.2. The number of aromatic nitrogens is 2. The van der Waals surface area contributed by atoms with Gasteiger partial charge < -0.3 is 9.42 Å². The first kappa shape index (κ1) is 19.8. The Bertz CT molecular complexity index is 939. The third kappa shape index (κ3) is 4.74. The molecule has 0 bridgehead atoms. The molecule has 0 saturated carbocycles. The molecule has 0 spiro atoms. The van der Waals surface area contributed by atoms with Crippen molar-refractivity contribution in [2.45, 2.75) is 33.2 Å². The van der Waals surface area contributed by atoms with Gasteiger partial charge in [0.2, 0.25) is 5.91 Å². The van der Waals surface area contributed by atoms with Crippen LogP contribution < -0.4 is 0 Å². The standard InChI is InChI=1S/C22H26N4O2S/c1-16-19(17(2)28-24-16)8-9-22(27)26-12-10-25(11-13-26)14-21-23-20(15-29-21)18-6-4-3-5-7-18/h3-7,15H,8-14H2,1-2H3. The molecule has 7 heteroatoms. The van der Waals surface area contributed by atoms with E-state index in [2.05, 4.69) is 27.6 Å². The first-order valence-electron chi connectivity index (χ1n) is 10.0. The number of rotatable bonds is 6. The van der Waals surface area contributed by atoms with Crippen molar-refractivity contribution in [3.8, 4) is 11.3 Å². The van der Waals surface area contributed by atoms with E-state index in [4.69, 9.17) is 9.51 Å². The molecule has 1 fully saturated rings. The summed E-state index contributed by atoms with van der Waals surface area (Å²) in [4.78, 5) is 21.7. The lowest BCUT2D eigenvalue weighted by atomic mass is 10.1. The molecule has 0 atom stereocenters. The molecule has 1 amide bonds. The Morgan fingerprint density at radius 2 is 1.90 bits per heavy atom. The van der Waals surface area contributed by atoms with Crippen molar-refractivity contribution in [1.82, 2.24) is 19.9 Å². The Morgan fingerprint density at radius 3 is 2.59 bits per heavy atom. The van der Waals surface area contributed by atoms with E-state index in [1.54, 1.807) is 11.3 Å². The number of piperazine rings is 1. The van der Waals surface area contributed by atoms with Gasteiger partial charge in [-0.05, 0) is 20.3 Å². The van der Waals surface area contributed by atoms with Crippen molar-refractivity contribution in [1.29, 1.82) is 0 Å². The minimum absolute atomic E-state index is 0.213. The second kappa shape index (κ2) is 8.88. The van der Waals surface area contributed by atoms with Crippen LogP contribution in [0.3, 0.4) is 0 Å². The molecule has 152 valence electrons. The molecule has 0 unspecified atom stereocenters. The minimum Gasteiger partial charge on any atom is -0.361 e. The van der Waals surface area contributed by atoms with Crippen LogP contribution in [-0.2, 0) is 17.8 Å². The number of carbonyl (C=O) groups excluding carboxylic acids is 1. The molecular weight excluding hydrogens is 384 g/mol. The van der Waals surface area contributed by atoms with E-state index in [0.717, 1.165) is 66.0 Å². The van der Waals surface area contributed by atoms with E-state index in [-0.39, 0.29) is 5.91 Å². The van der Waals surface area contributed by atoms with Crippen LogP contribution in [0.25, 0.3) is 11.3 Å². The van der Waals surface area contributed by atoms with Crippen molar-refractivity contribution in [2.24, 2.45) is 0 Å². The molecular formula is C22H26N4O2S. The van der Waals surface area contributed by atoms with Crippen LogP contribution >= 0.6 is 11.3 Å². The maximum absolute atomic E-state index is 12.6. The molecule has 1 aliphatic rings. The number of carbonyl (C=O) groups is 1. The lowest BCUT2D eigenvalue weighted by molar-refractivity contribution is -0.133. The van der Waals surface area contributed by atoms with Crippen molar-refractivity contribution in [3.05, 3.63) is 57.7 Å². The number of nitrogens with zero attached hydrogens (tertiary/aromatic N) is 4. The summed E-state index contributed by atoms with van der Waals surface area (Å²) in [6.07, 6.45) is 1.21. The average molecular weight is 411 g/mol. The van der Waals surface area contributed by atoms with E-state index >= 15 is 0 Å². The summed E-state index contributed by atoms with van der Waals surface area (Å²) in [5.74, 6) is 1.03. The first-order valence-corrected chi connectivity index (χ1v) is 10.9. The number of aryl methyl sites for hydroxylation is 2. The molecule has 2 aromatic heterocycles. The summed E-state index contributed by atoms with van der Waals surface area (Å²) >= 11 is 1.71. The third-order valence-corrected chi connectivity index (χ3v) is 6.31. The summed E-state index contributed by atoms with van der Waals surface area (Å²) in [5.41, 5.74) is 4.15. The second-order valence-corrected chi connectivity index (χ2v) is 8.39. The van der Waals surface area contributed by atoms with Gasteiger partial charge in [-0.2, -0.15) is 0 Å². The fraction of sp³-hybridized carbons (Fsp3) is 0.409. The van der Waals surface area contributed by atoms with Crippen molar-refractivity contribution in [2.75, 3.05) is 26.2 Å². The minimum atomic E-state index is 0.213. The number of benzene rings is 1. The van der Waals surface area contributed by atoms with Gasteiger partial charge in [0.05, 0.1) is 17.9 Å². The van der Waals surface area contributed by atoms with Gasteiger partial charge in [0.1, 0.15) is 10.8 Å². The molecule has 3 aromatic rings. The molecule has 0 radical (unpaired) electrons. The Balaban J connectivity index is 1.25. The molecule has 29 heavy (non-hydrogen) atoms. The van der Waals surface area contributed by atoms with E-state index < -0.39 is 0 Å². The molecule has 3 heterocycles. The smallest absolute Gasteiger partial charge is 0.222 e. The summed E-state index contributed by atoms with van der Waals surface area (Å²) in [6.45, 7) is 8.00. The van der Waals surface area contributed by atoms with Crippen LogP contribution in [0.15, 0.2) is 40.2 Å². The van der Waals surface area contributed by atoms with E-state index in [0.29, 0.717) is 12.8 Å². The van der Waals surface area contributed by atoms with E-state index in [1.165, 1.54) is 0 Å². The Kier molecular flexibility index (Phi) is 6.06. The van der Waals surface area contributed by atoms with E-state index in [1.807, 2.05) is 36.9 Å². The topological polar surface area (TPSA) is 62.5 Å². The number of amides is 1. The number of hydrogen-bond donors (Lipinski definition) is 0. The summed E-state index contributed by atoms with van der Waals surface area (Å²) < 4.78 is 5.19. The van der Waals surface area contributed by atoms with Gasteiger partial charge in [-0.25, -0.2) is 4.98 Å². The van der Waals surface area contributed by atoms with Gasteiger partial charge in [-0.15, -0.1) is 11.3 Å². The number of hydrogen-bond acceptors (Lipinski definition) is 6. The summed E-state index contributed by atoms with van der Waals surface area (Å²) in [5, 5.41) is 7.22. The molecule has 1 aromatic carbocycles. The van der Waals surface area contributed by atoms with Crippen LogP contribution in [0.1, 0.15) is 28.4 Å². The SMILES string of the molecule is Cc1noc(C)c1CCC(=O)N1CCN(Cc2nc(-c3ccccc3)cs2)CC1. The molecule has 0 N–H and O–H groups in total. The Labute approximate surface area is 175 Å². The van der Waals surface area contributed by atoms with Crippen LogP contribution in [0.4, 0.5) is 0 Å². The molecule has 6 nitrogen and oxygen atoms in total. The Hall–Kier alpha value is -2.51. The highest BCUT2D eigenvalue weighted by Crippen LogP contribution is 2.23. The van der Waals surface area contributed by atoms with Crippen LogP contribution in [0.5, 0.6) is 0 Å². The van der Waals surface area contributed by atoms with Crippen LogP contribution in [0.2, 0.25) is 0 Å². The predicted molar refractivity (Wildman–Crippen MR) is 114 cm³/mol. The average Bonchev–Trinajstić information content (AvgIpc) is 3.34. The van der Waals surface area contributed by atoms with Gasteiger partial charge in [0.25, 0.3) is 0 Å². The highest BCUT2D eigenvalue weighted by Gasteiger charge is 2.22. The molecule has 1 aliphatic heterocycles. The fourth-order valence-corrected chi connectivity index (χ4v) is 4.57. The van der Waals surface area contributed by atoms with E-state index in [9.17, 15) is 4.79 Å². The second-order valence-electron chi connectivity index (χ2n) is 7.45. The summed E-state index contributed by atoms with van der Waals surface area (Å²) in [6, 6.07) is 10.3. The van der Waals surface area contributed by atoms with Crippen molar-refractivity contribution in [3.63, 3.8) is 0 Å². The highest BCUT2D eigenvalue weighted by atomic mass is 32.1. The van der Waals surface area contributed by atoms with Crippen molar-refractivity contribution >= 4 is 17.2 Å². The maximum atomic E-state index is 12.6. The Morgan fingerprint density at radius 1 is 1.14 bits per heavy atom. The zero-order valence-electron chi connectivity index (χ0n) is 16.9. The number of thiazole rings is 1. The van der Waals surface area contributed by atoms with Gasteiger partial charge in [-0.3, -0.25) is 9.69 Å². The summed E-state index contributed by atoms with van der Waals surface area (Å²) in [7, 11) is 0. The molecule has 0 aliphatic carbocycles. The maximum Gasteiger partial charge on any atom is 0.222 e. The third-order valence-electron chi connectivity index (χ3n) is 5.48. The fourth-order valence-electron chi connectivity index (χ4n) is 3.72. The lowest BCUT2D eigenvalue weighted by Crippen LogP contribution is -2.48. The molecule has 4 rings (SSSR count). The predicted octanol–water partition coefficient (Wildman–Crippen LogP) is 3.69. The monoisotopic (exact) mass is 410 g/mol. The molecule has 1 saturated heterocycles. The van der Waals surface area contributed by atoms with Gasteiger partial charge in [0.15, 0.2) is 0 Å². The largest absolute Gasteiger partial charge is 0.361 e. The van der Waals surface area contributed by atoms with Crippen LogP contribution in [0, 0.1) is 13.8 Å². The normalized spacial score (nSPS) is 15.0. The van der Waals surface area contributed by atoms with Crippen molar-refractivity contribution < 1.29 is 9.32 Å². The lowest BCUT2D eigenvalue weighted by Gasteiger charge is -2.34. The van der Waals surface area contributed by atoms with Gasteiger partial charge >= 0.3 is 0 Å². The quantitative estimate of drug-likeness (QED) is 0.620. The van der Waals surface area contributed by atoms with Crippen LogP contribution in [-0.4, -0.2) is 52.0 Å².